The van der Waals surface area contributed by atoms with E-state index in [2.05, 4.69) is 26.1 Å². The van der Waals surface area contributed by atoms with Gasteiger partial charge >= 0.3 is 0 Å². The van der Waals surface area contributed by atoms with E-state index in [0.717, 1.165) is 34.6 Å². The molecule has 7 nitrogen and oxygen atoms in total. The van der Waals surface area contributed by atoms with Crippen molar-refractivity contribution in [3.05, 3.63) is 11.3 Å². The molecule has 2 aromatic heterocycles. The second-order valence-corrected chi connectivity index (χ2v) is 7.84. The smallest absolute Gasteiger partial charge is 0.186 e. The molecule has 0 bridgehead atoms. The monoisotopic (exact) mass is 353 g/mol. The summed E-state index contributed by atoms with van der Waals surface area (Å²) in [5, 5.41) is 9.86. The summed E-state index contributed by atoms with van der Waals surface area (Å²) in [7, 11) is 3.90. The highest BCUT2D eigenvalue weighted by Crippen LogP contribution is 2.37. The van der Waals surface area contributed by atoms with Crippen LogP contribution in [0.1, 0.15) is 19.3 Å². The maximum atomic E-state index is 6.24. The Hall–Kier alpha value is -1.22. The van der Waals surface area contributed by atoms with E-state index < -0.39 is 0 Å². The van der Waals surface area contributed by atoms with Crippen LogP contribution >= 0.6 is 22.9 Å². The lowest BCUT2D eigenvalue weighted by Gasteiger charge is -2.08. The van der Waals surface area contributed by atoms with Gasteiger partial charge in [0.2, 0.25) is 0 Å². The molecule has 2 fully saturated rings. The summed E-state index contributed by atoms with van der Waals surface area (Å²) in [6.45, 7) is 0.806. The summed E-state index contributed by atoms with van der Waals surface area (Å²) in [6.07, 6.45) is 5.81. The molecule has 1 aliphatic carbocycles. The first-order chi connectivity index (χ1) is 11.1. The fourth-order valence-corrected chi connectivity index (χ4v) is 4.11. The normalized spacial score (nSPS) is 24.3. The third-order valence-electron chi connectivity index (χ3n) is 4.34. The first kappa shape index (κ1) is 15.3. The van der Waals surface area contributed by atoms with Gasteiger partial charge in [-0.1, -0.05) is 28.2 Å². The van der Waals surface area contributed by atoms with Crippen molar-refractivity contribution in [1.82, 2.24) is 30.8 Å². The summed E-state index contributed by atoms with van der Waals surface area (Å²) < 4.78 is 1.88. The molecule has 0 aromatic carbocycles. The van der Waals surface area contributed by atoms with Crippen molar-refractivity contribution >= 4 is 28.1 Å². The fraction of sp³-hybridized carbons (Fsp3) is 0.643. The highest BCUT2D eigenvalue weighted by atomic mass is 35.5. The molecule has 0 spiro atoms. The number of halogens is 1. The Morgan fingerprint density at radius 2 is 2.22 bits per heavy atom. The second-order valence-electron chi connectivity index (χ2n) is 6.50. The third kappa shape index (κ3) is 3.21. The van der Waals surface area contributed by atoms with Gasteiger partial charge < -0.3 is 4.90 Å². The zero-order valence-corrected chi connectivity index (χ0v) is 14.7. The van der Waals surface area contributed by atoms with Crippen LogP contribution < -0.4 is 15.8 Å². The second kappa shape index (κ2) is 6.01. The summed E-state index contributed by atoms with van der Waals surface area (Å²) in [4.78, 5) is 7.16. The lowest BCUT2D eigenvalue weighted by Crippen LogP contribution is -2.35. The van der Waals surface area contributed by atoms with Gasteiger partial charge in [0.25, 0.3) is 0 Å². The number of hydrogen-bond donors (Lipinski definition) is 2. The predicted octanol–water partition coefficient (Wildman–Crippen LogP) is 1.77. The standard InChI is InChI=1S/C14H20ClN7S/c1-21(2)14-16-13(15)12(23-14)11-7-22(20-19-11)6-9-5-10(18-17-9)8-3-4-8/h7-10,17-18H,3-6H2,1-2H3. The lowest BCUT2D eigenvalue weighted by atomic mass is 10.1. The van der Waals surface area contributed by atoms with Gasteiger partial charge in [0.1, 0.15) is 5.69 Å². The fourth-order valence-electron chi connectivity index (χ4n) is 2.94. The van der Waals surface area contributed by atoms with Crippen molar-refractivity contribution in [2.24, 2.45) is 5.92 Å². The zero-order valence-electron chi connectivity index (χ0n) is 13.2. The number of hydrogen-bond acceptors (Lipinski definition) is 7. The van der Waals surface area contributed by atoms with Crippen molar-refractivity contribution in [2.75, 3.05) is 19.0 Å². The average molecular weight is 354 g/mol. The topological polar surface area (TPSA) is 70.9 Å². The first-order valence-electron chi connectivity index (χ1n) is 7.85. The SMILES string of the molecule is CN(C)c1nc(Cl)c(-c2cn(CC3CC(C4CC4)NN3)nn2)s1. The highest BCUT2D eigenvalue weighted by molar-refractivity contribution is 7.19. The molecule has 2 N–H and O–H groups in total. The third-order valence-corrected chi connectivity index (χ3v) is 5.97. The lowest BCUT2D eigenvalue weighted by molar-refractivity contribution is 0.447. The van der Waals surface area contributed by atoms with Crippen LogP contribution in [0.3, 0.4) is 0 Å². The van der Waals surface area contributed by atoms with Crippen LogP contribution in [-0.2, 0) is 6.54 Å². The van der Waals surface area contributed by atoms with Gasteiger partial charge in [-0.2, -0.15) is 0 Å². The van der Waals surface area contributed by atoms with Crippen molar-refractivity contribution in [2.45, 2.75) is 37.9 Å². The minimum absolute atomic E-state index is 0.393. The largest absolute Gasteiger partial charge is 0.354 e. The molecule has 4 rings (SSSR count). The Kier molecular flexibility index (Phi) is 4.00. The van der Waals surface area contributed by atoms with E-state index in [1.807, 2.05) is 29.9 Å². The number of nitrogens with one attached hydrogen (secondary N) is 2. The maximum Gasteiger partial charge on any atom is 0.186 e. The van der Waals surface area contributed by atoms with Gasteiger partial charge in [0.15, 0.2) is 10.3 Å². The quantitative estimate of drug-likeness (QED) is 0.853. The van der Waals surface area contributed by atoms with Crippen LogP contribution in [0.25, 0.3) is 10.6 Å². The summed E-state index contributed by atoms with van der Waals surface area (Å²) in [5.74, 6) is 0.860. The number of hydrazine groups is 1. The number of nitrogens with zero attached hydrogens (tertiary/aromatic N) is 5. The summed E-state index contributed by atoms with van der Waals surface area (Å²) in [6, 6.07) is 1.01. The molecule has 2 atom stereocenters. The average Bonchev–Trinajstić information content (AvgIpc) is 2.93. The molecule has 0 radical (unpaired) electrons. The molecular weight excluding hydrogens is 334 g/mol. The van der Waals surface area contributed by atoms with Crippen molar-refractivity contribution in [3.63, 3.8) is 0 Å². The molecule has 2 aliphatic rings. The summed E-state index contributed by atoms with van der Waals surface area (Å²) in [5.41, 5.74) is 7.56. The van der Waals surface area contributed by atoms with Crippen LogP contribution in [0.2, 0.25) is 5.15 Å². The van der Waals surface area contributed by atoms with Gasteiger partial charge in [0.05, 0.1) is 17.6 Å². The molecule has 2 unspecified atom stereocenters. The Labute approximate surface area is 144 Å². The van der Waals surface area contributed by atoms with E-state index in [4.69, 9.17) is 11.6 Å². The Balaban J connectivity index is 1.44. The molecule has 124 valence electrons. The molecule has 1 saturated carbocycles. The highest BCUT2D eigenvalue weighted by Gasteiger charge is 2.36. The molecule has 3 heterocycles. The van der Waals surface area contributed by atoms with Crippen molar-refractivity contribution in [1.29, 1.82) is 0 Å². The minimum atomic E-state index is 0.393. The van der Waals surface area contributed by atoms with Crippen LogP contribution in [-0.4, -0.2) is 46.2 Å². The van der Waals surface area contributed by atoms with E-state index in [1.54, 1.807) is 0 Å². The predicted molar refractivity (Wildman–Crippen MR) is 91.7 cm³/mol. The summed E-state index contributed by atoms with van der Waals surface area (Å²) >= 11 is 7.77. The zero-order chi connectivity index (χ0) is 16.0. The van der Waals surface area contributed by atoms with Crippen LogP contribution in [0.4, 0.5) is 5.13 Å². The van der Waals surface area contributed by atoms with Crippen LogP contribution in [0.15, 0.2) is 6.20 Å². The first-order valence-corrected chi connectivity index (χ1v) is 9.05. The van der Waals surface area contributed by atoms with E-state index in [0.29, 0.717) is 17.2 Å². The number of thiazole rings is 1. The van der Waals surface area contributed by atoms with Gasteiger partial charge in [0, 0.05) is 26.2 Å². The molecule has 1 saturated heterocycles. The Morgan fingerprint density at radius 3 is 2.91 bits per heavy atom. The molecular formula is C14H20ClN7S. The minimum Gasteiger partial charge on any atom is -0.354 e. The number of aromatic nitrogens is 4. The Bertz CT molecular complexity index is 693. The van der Waals surface area contributed by atoms with E-state index in [1.165, 1.54) is 24.2 Å². The number of anilines is 1. The van der Waals surface area contributed by atoms with Crippen molar-refractivity contribution < 1.29 is 0 Å². The molecule has 2 aromatic rings. The van der Waals surface area contributed by atoms with Crippen LogP contribution in [0, 0.1) is 5.92 Å². The molecule has 1 aliphatic heterocycles. The molecule has 23 heavy (non-hydrogen) atoms. The van der Waals surface area contributed by atoms with Gasteiger partial charge in [-0.3, -0.25) is 15.5 Å². The number of rotatable bonds is 5. The molecule has 9 heteroatoms. The van der Waals surface area contributed by atoms with E-state index in [9.17, 15) is 0 Å². The van der Waals surface area contributed by atoms with E-state index in [-0.39, 0.29) is 0 Å². The van der Waals surface area contributed by atoms with E-state index >= 15 is 0 Å². The van der Waals surface area contributed by atoms with Gasteiger partial charge in [-0.25, -0.2) is 4.98 Å². The van der Waals surface area contributed by atoms with Crippen LogP contribution in [0.5, 0.6) is 0 Å². The van der Waals surface area contributed by atoms with Gasteiger partial charge in [-0.15, -0.1) is 5.10 Å². The van der Waals surface area contributed by atoms with Crippen molar-refractivity contribution in [3.8, 4) is 10.6 Å². The van der Waals surface area contributed by atoms with Gasteiger partial charge in [-0.05, 0) is 25.2 Å². The molecule has 0 amide bonds. The maximum absolute atomic E-state index is 6.24. The Morgan fingerprint density at radius 1 is 1.39 bits per heavy atom.